The van der Waals surface area contributed by atoms with E-state index in [2.05, 4.69) is 9.88 Å². The van der Waals surface area contributed by atoms with Gasteiger partial charge in [0.15, 0.2) is 0 Å². The van der Waals surface area contributed by atoms with E-state index in [1.54, 1.807) is 24.5 Å². The summed E-state index contributed by atoms with van der Waals surface area (Å²) in [6.45, 7) is 3.56. The van der Waals surface area contributed by atoms with Gasteiger partial charge in [0, 0.05) is 58.2 Å². The van der Waals surface area contributed by atoms with Crippen molar-refractivity contribution in [2.24, 2.45) is 0 Å². The van der Waals surface area contributed by atoms with E-state index in [0.29, 0.717) is 31.9 Å². The van der Waals surface area contributed by atoms with Gasteiger partial charge in [-0.05, 0) is 35.9 Å². The van der Waals surface area contributed by atoms with Gasteiger partial charge in [-0.2, -0.15) is 0 Å². The molecule has 2 saturated heterocycles. The predicted octanol–water partition coefficient (Wildman–Crippen LogP) is 1.09. The van der Waals surface area contributed by atoms with E-state index < -0.39 is 27.8 Å². The van der Waals surface area contributed by atoms with Crippen LogP contribution in [0.5, 0.6) is 0 Å². The number of amides is 1. The molecule has 2 aliphatic heterocycles. The van der Waals surface area contributed by atoms with Crippen LogP contribution < -0.4 is 0 Å². The maximum absolute atomic E-state index is 13.1. The molecular weight excluding hydrogens is 472 g/mol. The second kappa shape index (κ2) is 10.2. The van der Waals surface area contributed by atoms with Crippen molar-refractivity contribution in [2.75, 3.05) is 53.5 Å². The van der Waals surface area contributed by atoms with Gasteiger partial charge in [0.1, 0.15) is 5.76 Å². The van der Waals surface area contributed by atoms with E-state index in [0.717, 1.165) is 17.4 Å². The number of ether oxygens (including phenoxy) is 1. The summed E-state index contributed by atoms with van der Waals surface area (Å²) < 4.78 is 31.2. The number of nitrogens with zero attached hydrogens (tertiary/aromatic N) is 4. The number of Topliss-reactive ketones (excluding diaryl/α,β-unsaturated/α-hetero) is 1. The lowest BCUT2D eigenvalue weighted by Crippen LogP contribution is -2.42. The van der Waals surface area contributed by atoms with Gasteiger partial charge in [0.05, 0.1) is 29.7 Å². The molecule has 2 fully saturated rings. The van der Waals surface area contributed by atoms with Gasteiger partial charge in [0.2, 0.25) is 10.0 Å². The molecule has 1 atom stereocenters. The van der Waals surface area contributed by atoms with Crippen molar-refractivity contribution in [3.05, 3.63) is 65.5 Å². The maximum atomic E-state index is 13.1. The molecule has 186 valence electrons. The number of hydrogen-bond acceptors (Lipinski definition) is 8. The van der Waals surface area contributed by atoms with E-state index in [1.807, 2.05) is 0 Å². The number of likely N-dealkylation sites (tertiary alicyclic amines) is 1. The lowest BCUT2D eigenvalue weighted by atomic mass is 9.96. The van der Waals surface area contributed by atoms with Crippen LogP contribution in [0.2, 0.25) is 0 Å². The average molecular weight is 501 g/mol. The quantitative estimate of drug-likeness (QED) is 0.341. The molecule has 0 radical (unpaired) electrons. The molecule has 35 heavy (non-hydrogen) atoms. The number of aliphatic hydroxyl groups is 1. The highest BCUT2D eigenvalue weighted by Crippen LogP contribution is 2.39. The Morgan fingerprint density at radius 1 is 1.11 bits per heavy atom. The van der Waals surface area contributed by atoms with Crippen LogP contribution in [0.4, 0.5) is 0 Å². The van der Waals surface area contributed by atoms with Crippen LogP contribution in [0.3, 0.4) is 0 Å². The summed E-state index contributed by atoms with van der Waals surface area (Å²) >= 11 is 0. The molecule has 1 aromatic carbocycles. The maximum Gasteiger partial charge on any atom is 0.295 e. The van der Waals surface area contributed by atoms with E-state index in [-0.39, 0.29) is 21.8 Å². The molecule has 0 aliphatic carbocycles. The van der Waals surface area contributed by atoms with Gasteiger partial charge in [0.25, 0.3) is 11.7 Å². The molecule has 0 bridgehead atoms. The third kappa shape index (κ3) is 4.98. The number of carbonyl (C=O) groups excluding carboxylic acids is 2. The first-order chi connectivity index (χ1) is 16.7. The first kappa shape index (κ1) is 25.0. The highest BCUT2D eigenvalue weighted by molar-refractivity contribution is 7.89. The summed E-state index contributed by atoms with van der Waals surface area (Å²) in [7, 11) is -0.802. The van der Waals surface area contributed by atoms with Crippen LogP contribution in [0, 0.1) is 0 Å². The first-order valence-corrected chi connectivity index (χ1v) is 12.7. The molecule has 0 spiro atoms. The fourth-order valence-electron chi connectivity index (χ4n) is 4.22. The molecule has 0 saturated carbocycles. The average Bonchev–Trinajstić information content (AvgIpc) is 3.13. The van der Waals surface area contributed by atoms with Crippen LogP contribution in [-0.4, -0.2) is 97.8 Å². The summed E-state index contributed by atoms with van der Waals surface area (Å²) in [5.74, 6) is -1.84. The number of benzene rings is 1. The lowest BCUT2D eigenvalue weighted by Gasteiger charge is -2.30. The molecule has 0 unspecified atom stereocenters. The molecule has 1 aromatic heterocycles. The highest BCUT2D eigenvalue weighted by atomic mass is 32.2. The highest BCUT2D eigenvalue weighted by Gasteiger charge is 2.46. The van der Waals surface area contributed by atoms with Crippen LogP contribution >= 0.6 is 0 Å². The Hall–Kier alpha value is -3.12. The Labute approximate surface area is 204 Å². The van der Waals surface area contributed by atoms with Gasteiger partial charge in [-0.15, -0.1) is 0 Å². The van der Waals surface area contributed by atoms with Gasteiger partial charge in [-0.1, -0.05) is 6.07 Å². The topological polar surface area (TPSA) is 120 Å². The van der Waals surface area contributed by atoms with Crippen LogP contribution in [-0.2, 0) is 24.3 Å². The smallest absolute Gasteiger partial charge is 0.295 e. The van der Waals surface area contributed by atoms with Gasteiger partial charge in [-0.3, -0.25) is 19.5 Å². The number of sulfonamides is 1. The number of rotatable bonds is 7. The summed E-state index contributed by atoms with van der Waals surface area (Å²) in [5.41, 5.74) is 0.790. The summed E-state index contributed by atoms with van der Waals surface area (Å²) in [5, 5.41) is 11.2. The van der Waals surface area contributed by atoms with Crippen molar-refractivity contribution in [1.82, 2.24) is 19.1 Å². The van der Waals surface area contributed by atoms with Crippen molar-refractivity contribution in [3.63, 3.8) is 0 Å². The molecule has 2 aromatic rings. The summed E-state index contributed by atoms with van der Waals surface area (Å²) in [6.07, 6.45) is 3.16. The number of aliphatic hydroxyl groups excluding tert-OH is 1. The molecule has 11 heteroatoms. The minimum atomic E-state index is -3.65. The SMILES string of the molecule is CN(C)S(=O)(=O)c1ccc(/C(O)=C2\C(=O)C(=O)N(CCN3CCOCC3)[C@@H]2c2cccnc2)cc1. The first-order valence-electron chi connectivity index (χ1n) is 11.2. The number of ketones is 1. The van der Waals surface area contributed by atoms with Crippen molar-refractivity contribution >= 4 is 27.5 Å². The molecule has 1 amide bonds. The fourth-order valence-corrected chi connectivity index (χ4v) is 5.12. The van der Waals surface area contributed by atoms with Gasteiger partial charge < -0.3 is 14.7 Å². The second-order valence-corrected chi connectivity index (χ2v) is 10.7. The monoisotopic (exact) mass is 500 g/mol. The van der Waals surface area contributed by atoms with Crippen LogP contribution in [0.25, 0.3) is 5.76 Å². The minimum Gasteiger partial charge on any atom is -0.507 e. The molecule has 2 aliphatic rings. The van der Waals surface area contributed by atoms with Crippen LogP contribution in [0.15, 0.2) is 59.3 Å². The Balaban J connectivity index is 1.71. The number of aromatic nitrogens is 1. The van der Waals surface area contributed by atoms with E-state index in [4.69, 9.17) is 4.74 Å². The number of carbonyl (C=O) groups is 2. The van der Waals surface area contributed by atoms with Gasteiger partial charge >= 0.3 is 0 Å². The van der Waals surface area contributed by atoms with E-state index in [1.165, 1.54) is 43.3 Å². The fraction of sp³-hybridized carbons (Fsp3) is 0.375. The predicted molar refractivity (Wildman–Crippen MR) is 128 cm³/mol. The molecule has 3 heterocycles. The zero-order valence-corrected chi connectivity index (χ0v) is 20.4. The number of morpholine rings is 1. The standard InChI is InChI=1S/C24H28N4O6S/c1-26(2)35(32,33)19-7-5-17(6-8-19)22(29)20-21(18-4-3-9-25-16-18)28(24(31)23(20)30)11-10-27-12-14-34-15-13-27/h3-9,16,21,29H,10-15H2,1-2H3/b22-20+/t21-/m1/s1. The molecule has 1 N–H and O–H groups in total. The van der Waals surface area contributed by atoms with Crippen molar-refractivity contribution in [1.29, 1.82) is 0 Å². The normalized spacial score (nSPS) is 21.1. The minimum absolute atomic E-state index is 0.0480. The Morgan fingerprint density at radius 2 is 1.80 bits per heavy atom. The zero-order chi connectivity index (χ0) is 25.2. The van der Waals surface area contributed by atoms with Crippen molar-refractivity contribution < 1.29 is 27.9 Å². The third-order valence-corrected chi connectivity index (χ3v) is 8.04. The van der Waals surface area contributed by atoms with Crippen molar-refractivity contribution in [2.45, 2.75) is 10.9 Å². The Morgan fingerprint density at radius 3 is 2.40 bits per heavy atom. The lowest BCUT2D eigenvalue weighted by molar-refractivity contribution is -0.140. The van der Waals surface area contributed by atoms with Crippen LogP contribution in [0.1, 0.15) is 17.2 Å². The number of pyridine rings is 1. The largest absolute Gasteiger partial charge is 0.507 e. The Bertz CT molecular complexity index is 1220. The van der Waals surface area contributed by atoms with E-state index in [9.17, 15) is 23.1 Å². The zero-order valence-electron chi connectivity index (χ0n) is 19.6. The van der Waals surface area contributed by atoms with Gasteiger partial charge in [-0.25, -0.2) is 12.7 Å². The third-order valence-electron chi connectivity index (χ3n) is 6.21. The van der Waals surface area contributed by atoms with Crippen molar-refractivity contribution in [3.8, 4) is 0 Å². The summed E-state index contributed by atoms with van der Waals surface area (Å²) in [6, 6.07) is 8.22. The second-order valence-electron chi connectivity index (χ2n) is 8.54. The summed E-state index contributed by atoms with van der Waals surface area (Å²) in [4.78, 5) is 34.0. The molecule has 10 nitrogen and oxygen atoms in total. The molecular formula is C24H28N4O6S. The molecule has 4 rings (SSSR count). The Kier molecular flexibility index (Phi) is 7.31. The number of hydrogen-bond donors (Lipinski definition) is 1. The van der Waals surface area contributed by atoms with E-state index >= 15 is 0 Å².